The van der Waals surface area contributed by atoms with Gasteiger partial charge in [0.2, 0.25) is 0 Å². The fraction of sp³-hybridized carbons (Fsp3) is 0.417. The first-order valence-corrected chi connectivity index (χ1v) is 10.2. The number of hydrogen-bond donors (Lipinski definition) is 1. The van der Waals surface area contributed by atoms with Gasteiger partial charge in [-0.1, -0.05) is 44.0 Å². The predicted octanol–water partition coefficient (Wildman–Crippen LogP) is 7.52. The van der Waals surface area contributed by atoms with Crippen molar-refractivity contribution >= 4 is 0 Å². The standard InChI is InChI=1S/C24H26F4O/c1-2-3-15-4-6-16(7-5-15)17-8-10-18(11-9-17)19-12-20(25)24(21(26)13-19)22(29)14-23(27)28/h8-16,22,29H,2-7H2,1H3. The first kappa shape index (κ1) is 21.6. The van der Waals surface area contributed by atoms with E-state index >= 15 is 0 Å². The summed E-state index contributed by atoms with van der Waals surface area (Å²) in [7, 11) is 0. The van der Waals surface area contributed by atoms with E-state index in [0.29, 0.717) is 17.0 Å². The summed E-state index contributed by atoms with van der Waals surface area (Å²) in [6.45, 7) is 2.22. The molecule has 5 heteroatoms. The van der Waals surface area contributed by atoms with Crippen molar-refractivity contribution in [3.8, 4) is 11.1 Å². The highest BCUT2D eigenvalue weighted by Crippen LogP contribution is 2.38. The van der Waals surface area contributed by atoms with E-state index in [0.717, 1.165) is 18.1 Å². The fourth-order valence-electron chi connectivity index (χ4n) is 4.38. The van der Waals surface area contributed by atoms with Crippen LogP contribution in [0, 0.1) is 17.6 Å². The van der Waals surface area contributed by atoms with Gasteiger partial charge in [0, 0.05) is 6.08 Å². The zero-order valence-electron chi connectivity index (χ0n) is 16.5. The molecule has 0 bridgehead atoms. The Morgan fingerprint density at radius 3 is 2.10 bits per heavy atom. The van der Waals surface area contributed by atoms with E-state index < -0.39 is 29.4 Å². The van der Waals surface area contributed by atoms with E-state index in [-0.39, 0.29) is 6.08 Å². The minimum atomic E-state index is -2.19. The van der Waals surface area contributed by atoms with Gasteiger partial charge in [-0.05, 0) is 66.3 Å². The first-order valence-electron chi connectivity index (χ1n) is 10.2. The smallest absolute Gasteiger partial charge is 0.269 e. The topological polar surface area (TPSA) is 20.2 Å². The number of aliphatic hydroxyl groups is 1. The van der Waals surface area contributed by atoms with Gasteiger partial charge in [0.25, 0.3) is 6.08 Å². The molecule has 0 spiro atoms. The van der Waals surface area contributed by atoms with E-state index in [1.54, 1.807) is 0 Å². The number of aliphatic hydroxyl groups excluding tert-OH is 1. The van der Waals surface area contributed by atoms with Crippen LogP contribution in [-0.2, 0) is 0 Å². The Morgan fingerprint density at radius 1 is 1.00 bits per heavy atom. The van der Waals surface area contributed by atoms with Gasteiger partial charge in [-0.25, -0.2) is 8.78 Å². The van der Waals surface area contributed by atoms with Crippen LogP contribution in [0.3, 0.4) is 0 Å². The highest BCUT2D eigenvalue weighted by Gasteiger charge is 2.22. The molecule has 2 aromatic carbocycles. The third-order valence-electron chi connectivity index (χ3n) is 5.92. The van der Waals surface area contributed by atoms with E-state index in [1.807, 2.05) is 24.3 Å². The second-order valence-electron chi connectivity index (χ2n) is 7.88. The molecule has 1 N–H and O–H groups in total. The maximum atomic E-state index is 14.3. The molecule has 0 aliphatic heterocycles. The number of rotatable bonds is 6. The highest BCUT2D eigenvalue weighted by atomic mass is 19.3. The Morgan fingerprint density at radius 2 is 1.59 bits per heavy atom. The fourth-order valence-corrected chi connectivity index (χ4v) is 4.38. The molecule has 1 saturated carbocycles. The zero-order valence-corrected chi connectivity index (χ0v) is 16.5. The summed E-state index contributed by atoms with van der Waals surface area (Å²) in [6, 6.07) is 9.80. The van der Waals surface area contributed by atoms with Crippen LogP contribution in [-0.4, -0.2) is 5.11 Å². The van der Waals surface area contributed by atoms with Crippen molar-refractivity contribution in [3.63, 3.8) is 0 Å². The average Bonchev–Trinajstić information content (AvgIpc) is 2.68. The number of hydrogen-bond acceptors (Lipinski definition) is 1. The minimum Gasteiger partial charge on any atom is -0.384 e. The zero-order chi connectivity index (χ0) is 21.0. The molecule has 0 saturated heterocycles. The molecule has 0 radical (unpaired) electrons. The van der Waals surface area contributed by atoms with Gasteiger partial charge in [-0.15, -0.1) is 0 Å². The summed E-state index contributed by atoms with van der Waals surface area (Å²) in [5.74, 6) is -0.756. The van der Waals surface area contributed by atoms with E-state index in [1.165, 1.54) is 44.1 Å². The normalized spacial score (nSPS) is 20.3. The Hall–Kier alpha value is -2.14. The lowest BCUT2D eigenvalue weighted by atomic mass is 9.77. The molecule has 1 fully saturated rings. The van der Waals surface area contributed by atoms with Crippen molar-refractivity contribution in [2.24, 2.45) is 5.92 Å². The van der Waals surface area contributed by atoms with Gasteiger partial charge in [0.1, 0.15) is 17.7 Å². The molecule has 29 heavy (non-hydrogen) atoms. The third-order valence-corrected chi connectivity index (χ3v) is 5.92. The molecule has 0 amide bonds. The van der Waals surface area contributed by atoms with E-state index in [9.17, 15) is 22.7 Å². The van der Waals surface area contributed by atoms with Crippen molar-refractivity contribution in [1.29, 1.82) is 0 Å². The lowest BCUT2D eigenvalue weighted by Gasteiger charge is -2.28. The Labute approximate surface area is 169 Å². The van der Waals surface area contributed by atoms with Crippen molar-refractivity contribution in [2.75, 3.05) is 0 Å². The van der Waals surface area contributed by atoms with Crippen LogP contribution in [0.5, 0.6) is 0 Å². The lowest BCUT2D eigenvalue weighted by molar-refractivity contribution is 0.209. The van der Waals surface area contributed by atoms with Crippen LogP contribution in [0.15, 0.2) is 48.6 Å². The Kier molecular flexibility index (Phi) is 7.12. The third kappa shape index (κ3) is 5.27. The summed E-state index contributed by atoms with van der Waals surface area (Å²) in [5, 5.41) is 9.61. The van der Waals surface area contributed by atoms with E-state index in [4.69, 9.17) is 0 Å². The molecule has 2 aromatic rings. The molecule has 156 valence electrons. The summed E-state index contributed by atoms with van der Waals surface area (Å²) in [6.07, 6.45) is 3.23. The van der Waals surface area contributed by atoms with Gasteiger partial charge < -0.3 is 5.11 Å². The molecule has 0 heterocycles. The summed E-state index contributed by atoms with van der Waals surface area (Å²) < 4.78 is 53.2. The monoisotopic (exact) mass is 406 g/mol. The molecular formula is C24H26F4O. The van der Waals surface area contributed by atoms with Gasteiger partial charge in [0.05, 0.1) is 5.56 Å². The van der Waals surface area contributed by atoms with Gasteiger partial charge in [-0.3, -0.25) is 0 Å². The second-order valence-corrected chi connectivity index (χ2v) is 7.88. The van der Waals surface area contributed by atoms with Gasteiger partial charge in [-0.2, -0.15) is 8.78 Å². The van der Waals surface area contributed by atoms with Crippen molar-refractivity contribution in [3.05, 3.63) is 71.3 Å². The van der Waals surface area contributed by atoms with Crippen LogP contribution in [0.1, 0.15) is 68.6 Å². The molecule has 1 aliphatic carbocycles. The summed E-state index contributed by atoms with van der Waals surface area (Å²) in [4.78, 5) is 0. The van der Waals surface area contributed by atoms with Crippen LogP contribution >= 0.6 is 0 Å². The van der Waals surface area contributed by atoms with Crippen molar-refractivity contribution in [2.45, 2.75) is 57.5 Å². The SMILES string of the molecule is CCCC1CCC(c2ccc(-c3cc(F)c(C(O)C=C(F)F)c(F)c3)cc2)CC1. The predicted molar refractivity (Wildman–Crippen MR) is 107 cm³/mol. The van der Waals surface area contributed by atoms with Crippen LogP contribution < -0.4 is 0 Å². The lowest BCUT2D eigenvalue weighted by Crippen LogP contribution is -2.13. The molecule has 3 rings (SSSR count). The minimum absolute atomic E-state index is 0.116. The van der Waals surface area contributed by atoms with Crippen LogP contribution in [0.2, 0.25) is 0 Å². The Bertz CT molecular complexity index is 825. The molecule has 1 nitrogen and oxygen atoms in total. The Balaban J connectivity index is 1.76. The molecule has 0 aromatic heterocycles. The molecule has 1 unspecified atom stereocenters. The summed E-state index contributed by atoms with van der Waals surface area (Å²) in [5.41, 5.74) is 1.40. The number of halogens is 4. The quantitative estimate of drug-likeness (QED) is 0.492. The maximum Gasteiger partial charge on any atom is 0.269 e. The largest absolute Gasteiger partial charge is 0.384 e. The van der Waals surface area contributed by atoms with Crippen LogP contribution in [0.25, 0.3) is 11.1 Å². The van der Waals surface area contributed by atoms with Crippen LogP contribution in [0.4, 0.5) is 17.6 Å². The second kappa shape index (κ2) is 9.57. The van der Waals surface area contributed by atoms with Crippen molar-refractivity contribution in [1.82, 2.24) is 0 Å². The summed E-state index contributed by atoms with van der Waals surface area (Å²) >= 11 is 0. The average molecular weight is 406 g/mol. The van der Waals surface area contributed by atoms with Crippen molar-refractivity contribution < 1.29 is 22.7 Å². The maximum absolute atomic E-state index is 14.3. The number of benzene rings is 2. The highest BCUT2D eigenvalue weighted by molar-refractivity contribution is 5.64. The van der Waals surface area contributed by atoms with Gasteiger partial charge in [0.15, 0.2) is 0 Å². The van der Waals surface area contributed by atoms with E-state index in [2.05, 4.69) is 6.92 Å². The molecule has 1 atom stereocenters. The molecular weight excluding hydrogens is 380 g/mol. The van der Waals surface area contributed by atoms with Gasteiger partial charge >= 0.3 is 0 Å². The molecule has 1 aliphatic rings. The first-order chi connectivity index (χ1) is 13.9.